The SMILES string of the molecule is CCN(Cc1ccc(C)cc1)c1cc(OC)ccc1C1CCc2cc(O)ccc2C1. The lowest BCUT2D eigenvalue weighted by atomic mass is 9.79. The second kappa shape index (κ2) is 8.83. The van der Waals surface area contributed by atoms with Gasteiger partial charge < -0.3 is 14.7 Å². The molecule has 1 atom stereocenters. The summed E-state index contributed by atoms with van der Waals surface area (Å²) in [6.45, 7) is 6.16. The lowest BCUT2D eigenvalue weighted by Gasteiger charge is -2.32. The molecule has 4 rings (SSSR count). The number of phenolic OH excluding ortho intramolecular Hbond substituents is 1. The molecule has 0 bridgehead atoms. The van der Waals surface area contributed by atoms with Crippen molar-refractivity contribution in [2.24, 2.45) is 0 Å². The average molecular weight is 402 g/mol. The van der Waals surface area contributed by atoms with E-state index in [1.165, 1.54) is 33.5 Å². The largest absolute Gasteiger partial charge is 0.508 e. The monoisotopic (exact) mass is 401 g/mol. The summed E-state index contributed by atoms with van der Waals surface area (Å²) in [5, 5.41) is 9.81. The Morgan fingerprint density at radius 3 is 2.53 bits per heavy atom. The zero-order chi connectivity index (χ0) is 21.1. The third-order valence-electron chi connectivity index (χ3n) is 6.31. The highest BCUT2D eigenvalue weighted by Crippen LogP contribution is 2.40. The van der Waals surface area contributed by atoms with Gasteiger partial charge in [-0.15, -0.1) is 0 Å². The third kappa shape index (κ3) is 4.30. The van der Waals surface area contributed by atoms with Gasteiger partial charge in [0.2, 0.25) is 0 Å². The number of nitrogens with zero attached hydrogens (tertiary/aromatic N) is 1. The van der Waals surface area contributed by atoms with Gasteiger partial charge in [-0.05, 0) is 79.5 Å². The fourth-order valence-electron chi connectivity index (χ4n) is 4.56. The van der Waals surface area contributed by atoms with Crippen LogP contribution in [0.25, 0.3) is 0 Å². The molecule has 0 amide bonds. The second-order valence-electron chi connectivity index (χ2n) is 8.32. The lowest BCUT2D eigenvalue weighted by Crippen LogP contribution is -2.25. The Morgan fingerprint density at radius 1 is 1.00 bits per heavy atom. The molecule has 0 heterocycles. The molecule has 3 nitrogen and oxygen atoms in total. The van der Waals surface area contributed by atoms with E-state index in [2.05, 4.69) is 67.3 Å². The number of benzene rings is 3. The van der Waals surface area contributed by atoms with Crippen LogP contribution in [0.4, 0.5) is 5.69 Å². The smallest absolute Gasteiger partial charge is 0.120 e. The number of hydrogen-bond acceptors (Lipinski definition) is 3. The standard InChI is InChI=1S/C27H31NO2/c1-4-28(18-20-7-5-19(2)6-8-20)27-17-25(30-3)13-14-26(27)23-10-9-22-16-24(29)12-11-21(22)15-23/h5-8,11-14,16-17,23,29H,4,9-10,15,18H2,1-3H3. The Morgan fingerprint density at radius 2 is 1.80 bits per heavy atom. The predicted octanol–water partition coefficient (Wildman–Crippen LogP) is 6.01. The van der Waals surface area contributed by atoms with E-state index in [4.69, 9.17) is 4.74 Å². The van der Waals surface area contributed by atoms with Crippen molar-refractivity contribution in [3.8, 4) is 11.5 Å². The predicted molar refractivity (Wildman–Crippen MR) is 124 cm³/mol. The summed E-state index contributed by atoms with van der Waals surface area (Å²) < 4.78 is 5.57. The number of phenols is 1. The minimum Gasteiger partial charge on any atom is -0.508 e. The quantitative estimate of drug-likeness (QED) is 0.549. The molecule has 0 aliphatic heterocycles. The highest BCUT2D eigenvalue weighted by atomic mass is 16.5. The van der Waals surface area contributed by atoms with Crippen LogP contribution in [-0.4, -0.2) is 18.8 Å². The normalized spacial score (nSPS) is 15.5. The molecule has 0 fully saturated rings. The van der Waals surface area contributed by atoms with Gasteiger partial charge in [-0.25, -0.2) is 0 Å². The third-order valence-corrected chi connectivity index (χ3v) is 6.31. The van der Waals surface area contributed by atoms with E-state index in [1.807, 2.05) is 12.1 Å². The fourth-order valence-corrected chi connectivity index (χ4v) is 4.56. The zero-order valence-electron chi connectivity index (χ0n) is 18.2. The van der Waals surface area contributed by atoms with Crippen molar-refractivity contribution in [2.75, 3.05) is 18.6 Å². The van der Waals surface area contributed by atoms with Gasteiger partial charge in [-0.2, -0.15) is 0 Å². The van der Waals surface area contributed by atoms with E-state index in [0.717, 1.165) is 38.1 Å². The first-order valence-corrected chi connectivity index (χ1v) is 10.9. The van der Waals surface area contributed by atoms with Crippen LogP contribution in [0.5, 0.6) is 11.5 Å². The first kappa shape index (κ1) is 20.3. The molecule has 0 spiro atoms. The number of anilines is 1. The summed E-state index contributed by atoms with van der Waals surface area (Å²) in [6.07, 6.45) is 3.11. The van der Waals surface area contributed by atoms with Crippen LogP contribution in [-0.2, 0) is 19.4 Å². The van der Waals surface area contributed by atoms with E-state index in [-0.39, 0.29) is 0 Å². The minimum atomic E-state index is 0.368. The molecule has 3 heteroatoms. The molecule has 1 aliphatic carbocycles. The molecule has 1 N–H and O–H groups in total. The molecule has 0 saturated heterocycles. The van der Waals surface area contributed by atoms with E-state index in [1.54, 1.807) is 7.11 Å². The van der Waals surface area contributed by atoms with Gasteiger partial charge in [0, 0.05) is 24.8 Å². The van der Waals surface area contributed by atoms with Gasteiger partial charge in [-0.3, -0.25) is 0 Å². The summed E-state index contributed by atoms with van der Waals surface area (Å²) in [4.78, 5) is 2.45. The molecule has 0 saturated carbocycles. The molecule has 3 aromatic rings. The Kier molecular flexibility index (Phi) is 5.98. The maximum atomic E-state index is 9.81. The van der Waals surface area contributed by atoms with Crippen LogP contribution in [0.15, 0.2) is 60.7 Å². The number of aryl methyl sites for hydroxylation is 2. The summed E-state index contributed by atoms with van der Waals surface area (Å²) in [5.41, 5.74) is 7.91. The topological polar surface area (TPSA) is 32.7 Å². The van der Waals surface area contributed by atoms with Gasteiger partial charge in [-0.1, -0.05) is 42.0 Å². The van der Waals surface area contributed by atoms with Crippen molar-refractivity contribution in [1.29, 1.82) is 0 Å². The molecule has 1 aliphatic rings. The molecular weight excluding hydrogens is 370 g/mol. The van der Waals surface area contributed by atoms with Crippen molar-refractivity contribution in [3.63, 3.8) is 0 Å². The van der Waals surface area contributed by atoms with Crippen molar-refractivity contribution < 1.29 is 9.84 Å². The highest BCUT2D eigenvalue weighted by molar-refractivity contribution is 5.60. The first-order valence-electron chi connectivity index (χ1n) is 10.9. The van der Waals surface area contributed by atoms with Crippen LogP contribution in [0.1, 0.15) is 47.1 Å². The van der Waals surface area contributed by atoms with Gasteiger partial charge in [0.1, 0.15) is 11.5 Å². The maximum Gasteiger partial charge on any atom is 0.120 e. The van der Waals surface area contributed by atoms with Gasteiger partial charge in [0.15, 0.2) is 0 Å². The highest BCUT2D eigenvalue weighted by Gasteiger charge is 2.24. The molecule has 0 aromatic heterocycles. The van der Waals surface area contributed by atoms with Crippen molar-refractivity contribution in [3.05, 3.63) is 88.5 Å². The number of fused-ring (bicyclic) bond motifs is 1. The van der Waals surface area contributed by atoms with E-state index in [9.17, 15) is 5.11 Å². The van der Waals surface area contributed by atoms with Gasteiger partial charge in [0.05, 0.1) is 7.11 Å². The molecule has 3 aromatic carbocycles. The summed E-state index contributed by atoms with van der Waals surface area (Å²) in [5.74, 6) is 1.74. The van der Waals surface area contributed by atoms with Gasteiger partial charge >= 0.3 is 0 Å². The Hall–Kier alpha value is -2.94. The molecule has 156 valence electrons. The maximum absolute atomic E-state index is 9.81. The van der Waals surface area contributed by atoms with Crippen molar-refractivity contribution >= 4 is 5.69 Å². The molecular formula is C27H31NO2. The van der Waals surface area contributed by atoms with Crippen LogP contribution < -0.4 is 9.64 Å². The molecule has 0 radical (unpaired) electrons. The van der Waals surface area contributed by atoms with Crippen LogP contribution in [0, 0.1) is 6.92 Å². The number of ether oxygens (including phenoxy) is 1. The lowest BCUT2D eigenvalue weighted by molar-refractivity contribution is 0.414. The Labute approximate surface area is 179 Å². The minimum absolute atomic E-state index is 0.368. The summed E-state index contributed by atoms with van der Waals surface area (Å²) in [6, 6.07) is 21.2. The number of rotatable bonds is 6. The second-order valence-corrected chi connectivity index (χ2v) is 8.32. The van der Waals surface area contributed by atoms with Crippen LogP contribution >= 0.6 is 0 Å². The van der Waals surface area contributed by atoms with Crippen molar-refractivity contribution in [2.45, 2.75) is 45.6 Å². The average Bonchev–Trinajstić information content (AvgIpc) is 2.78. The summed E-state index contributed by atoms with van der Waals surface area (Å²) in [7, 11) is 1.73. The molecule has 1 unspecified atom stereocenters. The van der Waals surface area contributed by atoms with Crippen LogP contribution in [0.3, 0.4) is 0 Å². The fraction of sp³-hybridized carbons (Fsp3) is 0.333. The number of hydrogen-bond donors (Lipinski definition) is 1. The van der Waals surface area contributed by atoms with E-state index in [0.29, 0.717) is 11.7 Å². The van der Waals surface area contributed by atoms with Gasteiger partial charge in [0.25, 0.3) is 0 Å². The molecule has 30 heavy (non-hydrogen) atoms. The van der Waals surface area contributed by atoms with Crippen molar-refractivity contribution in [1.82, 2.24) is 0 Å². The summed E-state index contributed by atoms with van der Waals surface area (Å²) >= 11 is 0. The van der Waals surface area contributed by atoms with E-state index < -0.39 is 0 Å². The number of aromatic hydroxyl groups is 1. The van der Waals surface area contributed by atoms with E-state index >= 15 is 0 Å². The first-order chi connectivity index (χ1) is 14.6. The Balaban J connectivity index is 1.66. The van der Waals surface area contributed by atoms with Crippen LogP contribution in [0.2, 0.25) is 0 Å². The Bertz CT molecular complexity index is 1010. The number of methoxy groups -OCH3 is 1. The zero-order valence-corrected chi connectivity index (χ0v) is 18.2.